The molecule has 5 heteroatoms. The Hall–Kier alpha value is -2.17. The molecule has 0 saturated heterocycles. The first-order chi connectivity index (χ1) is 9.27. The summed E-state index contributed by atoms with van der Waals surface area (Å²) in [6.45, 7) is 0.772. The van der Waals surface area contributed by atoms with Gasteiger partial charge in [-0.05, 0) is 31.4 Å². The molecule has 0 aliphatic rings. The van der Waals surface area contributed by atoms with Gasteiger partial charge in [-0.25, -0.2) is 9.97 Å². The van der Waals surface area contributed by atoms with Gasteiger partial charge in [-0.15, -0.1) is 0 Å². The summed E-state index contributed by atoms with van der Waals surface area (Å²) in [5.41, 5.74) is 0.914. The number of carboxylic acid groups (broad SMARTS) is 1. The smallest absolute Gasteiger partial charge is 0.137 e. The molecule has 1 aromatic heterocycles. The van der Waals surface area contributed by atoms with Gasteiger partial charge in [0.2, 0.25) is 0 Å². The van der Waals surface area contributed by atoms with E-state index in [0.717, 1.165) is 36.1 Å². The molecule has 5 nitrogen and oxygen atoms in total. The van der Waals surface area contributed by atoms with Crippen LogP contribution in [0.15, 0.2) is 30.6 Å². The number of carboxylic acids is 1. The highest BCUT2D eigenvalue weighted by Crippen LogP contribution is 2.18. The maximum absolute atomic E-state index is 10.3. The number of hydrogen-bond acceptors (Lipinski definition) is 5. The molecule has 19 heavy (non-hydrogen) atoms. The first kappa shape index (κ1) is 13.3. The van der Waals surface area contributed by atoms with Crippen LogP contribution in [0, 0.1) is 0 Å². The minimum Gasteiger partial charge on any atom is -0.550 e. The first-order valence-corrected chi connectivity index (χ1v) is 6.41. The molecule has 0 aliphatic heterocycles. The lowest BCUT2D eigenvalue weighted by Crippen LogP contribution is -2.21. The Morgan fingerprint density at radius 3 is 2.84 bits per heavy atom. The van der Waals surface area contributed by atoms with E-state index < -0.39 is 5.97 Å². The minimum atomic E-state index is -0.977. The Balaban J connectivity index is 1.83. The fourth-order valence-electron chi connectivity index (χ4n) is 1.92. The molecule has 0 fully saturated rings. The second kappa shape index (κ2) is 6.68. The van der Waals surface area contributed by atoms with Crippen LogP contribution in [0.5, 0.6) is 0 Å². The van der Waals surface area contributed by atoms with Crippen molar-refractivity contribution in [3.8, 4) is 0 Å². The number of nitrogens with zero attached hydrogens (tertiary/aromatic N) is 2. The molecule has 1 N–H and O–H groups in total. The van der Waals surface area contributed by atoms with Gasteiger partial charge in [0.25, 0.3) is 0 Å². The number of para-hydroxylation sites is 1. The number of rotatable bonds is 7. The molecule has 0 unspecified atom stereocenters. The van der Waals surface area contributed by atoms with Crippen molar-refractivity contribution in [1.82, 2.24) is 9.97 Å². The van der Waals surface area contributed by atoms with Gasteiger partial charge in [-0.2, -0.15) is 0 Å². The van der Waals surface area contributed by atoms with Gasteiger partial charge in [0.1, 0.15) is 12.1 Å². The second-order valence-corrected chi connectivity index (χ2v) is 4.35. The predicted molar refractivity (Wildman–Crippen MR) is 71.5 cm³/mol. The van der Waals surface area contributed by atoms with Gasteiger partial charge in [-0.3, -0.25) is 0 Å². The van der Waals surface area contributed by atoms with Gasteiger partial charge in [0.05, 0.1) is 5.52 Å². The predicted octanol–water partition coefficient (Wildman–Crippen LogP) is 1.35. The summed E-state index contributed by atoms with van der Waals surface area (Å²) in [6.07, 6.45) is 4.11. The van der Waals surface area contributed by atoms with Crippen molar-refractivity contribution in [1.29, 1.82) is 0 Å². The second-order valence-electron chi connectivity index (χ2n) is 4.35. The van der Waals surface area contributed by atoms with Crippen molar-refractivity contribution in [3.63, 3.8) is 0 Å². The monoisotopic (exact) mass is 258 g/mol. The fourth-order valence-corrected chi connectivity index (χ4v) is 1.92. The van der Waals surface area contributed by atoms with Crippen molar-refractivity contribution < 1.29 is 9.90 Å². The lowest BCUT2D eigenvalue weighted by molar-refractivity contribution is -0.305. The lowest BCUT2D eigenvalue weighted by atomic mass is 10.2. The average Bonchev–Trinajstić information content (AvgIpc) is 2.42. The first-order valence-electron chi connectivity index (χ1n) is 6.41. The Labute approximate surface area is 111 Å². The topological polar surface area (TPSA) is 77.9 Å². The van der Waals surface area contributed by atoms with Gasteiger partial charge in [0.15, 0.2) is 0 Å². The normalized spacial score (nSPS) is 10.5. The number of unbranched alkanes of at least 4 members (excludes halogenated alkanes) is 2. The van der Waals surface area contributed by atoms with E-state index in [2.05, 4.69) is 15.3 Å². The third-order valence-electron chi connectivity index (χ3n) is 2.89. The summed E-state index contributed by atoms with van der Waals surface area (Å²) in [5, 5.41) is 14.5. The van der Waals surface area contributed by atoms with Crippen LogP contribution in [0.25, 0.3) is 10.9 Å². The molecule has 0 amide bonds. The highest BCUT2D eigenvalue weighted by atomic mass is 16.4. The van der Waals surface area contributed by atoms with Crippen LogP contribution in [0.4, 0.5) is 5.82 Å². The van der Waals surface area contributed by atoms with Crippen molar-refractivity contribution in [2.24, 2.45) is 0 Å². The van der Waals surface area contributed by atoms with Crippen molar-refractivity contribution in [3.05, 3.63) is 30.6 Å². The van der Waals surface area contributed by atoms with Gasteiger partial charge in [-0.1, -0.05) is 18.6 Å². The zero-order valence-corrected chi connectivity index (χ0v) is 10.6. The fraction of sp³-hybridized carbons (Fsp3) is 0.357. The van der Waals surface area contributed by atoms with E-state index in [0.29, 0.717) is 6.42 Å². The van der Waals surface area contributed by atoms with E-state index in [1.165, 1.54) is 0 Å². The Morgan fingerprint density at radius 2 is 2.00 bits per heavy atom. The molecule has 1 aromatic carbocycles. The molecule has 100 valence electrons. The van der Waals surface area contributed by atoms with E-state index in [1.807, 2.05) is 24.3 Å². The van der Waals surface area contributed by atoms with E-state index in [1.54, 1.807) is 6.33 Å². The van der Waals surface area contributed by atoms with Crippen molar-refractivity contribution >= 4 is 22.7 Å². The SMILES string of the molecule is O=C([O-])CCCCCNc1ncnc2ccccc12. The number of carbonyl (C=O) groups is 1. The third kappa shape index (κ3) is 3.91. The summed E-state index contributed by atoms with van der Waals surface area (Å²) in [4.78, 5) is 18.7. The van der Waals surface area contributed by atoms with Gasteiger partial charge < -0.3 is 15.2 Å². The molecular weight excluding hydrogens is 242 g/mol. The quantitative estimate of drug-likeness (QED) is 0.758. The zero-order valence-electron chi connectivity index (χ0n) is 10.6. The Kier molecular flexibility index (Phi) is 4.66. The number of carbonyl (C=O) groups excluding carboxylic acids is 1. The van der Waals surface area contributed by atoms with Crippen LogP contribution in [-0.4, -0.2) is 22.5 Å². The van der Waals surface area contributed by atoms with Crippen LogP contribution in [0.2, 0.25) is 0 Å². The summed E-state index contributed by atoms with van der Waals surface area (Å²) in [5.74, 6) is -0.153. The van der Waals surface area contributed by atoms with Crippen LogP contribution in [0.3, 0.4) is 0 Å². The Morgan fingerprint density at radius 1 is 1.16 bits per heavy atom. The number of aromatic nitrogens is 2. The number of anilines is 1. The molecule has 0 radical (unpaired) electrons. The molecule has 0 spiro atoms. The zero-order chi connectivity index (χ0) is 13.5. The molecule has 0 atom stereocenters. The number of hydrogen-bond donors (Lipinski definition) is 1. The van der Waals surface area contributed by atoms with E-state index >= 15 is 0 Å². The number of benzene rings is 1. The van der Waals surface area contributed by atoms with Crippen molar-refractivity contribution in [2.45, 2.75) is 25.7 Å². The number of aliphatic carboxylic acids is 1. The van der Waals surface area contributed by atoms with Crippen molar-refractivity contribution in [2.75, 3.05) is 11.9 Å². The molecule has 0 bridgehead atoms. The van der Waals surface area contributed by atoms with Gasteiger partial charge in [0, 0.05) is 17.9 Å². The number of nitrogens with one attached hydrogen (secondary N) is 1. The molecule has 2 rings (SSSR count). The third-order valence-corrected chi connectivity index (χ3v) is 2.89. The summed E-state index contributed by atoms with van der Waals surface area (Å²) < 4.78 is 0. The maximum Gasteiger partial charge on any atom is 0.137 e. The summed E-state index contributed by atoms with van der Waals surface area (Å²) >= 11 is 0. The van der Waals surface area contributed by atoms with E-state index in [-0.39, 0.29) is 6.42 Å². The molecule has 0 aliphatic carbocycles. The molecule has 1 heterocycles. The van der Waals surface area contributed by atoms with Crippen LogP contribution in [0.1, 0.15) is 25.7 Å². The Bertz CT molecular complexity index is 552. The summed E-state index contributed by atoms with van der Waals surface area (Å²) in [6, 6.07) is 7.82. The van der Waals surface area contributed by atoms with Gasteiger partial charge >= 0.3 is 0 Å². The van der Waals surface area contributed by atoms with Crippen LogP contribution in [-0.2, 0) is 4.79 Å². The lowest BCUT2D eigenvalue weighted by Gasteiger charge is -2.08. The summed E-state index contributed by atoms with van der Waals surface area (Å²) in [7, 11) is 0. The van der Waals surface area contributed by atoms with Crippen LogP contribution >= 0.6 is 0 Å². The highest BCUT2D eigenvalue weighted by molar-refractivity contribution is 5.88. The standard InChI is InChI=1S/C14H17N3O2/c18-13(19)8-2-1-5-9-15-14-11-6-3-4-7-12(11)16-10-17-14/h3-4,6-7,10H,1-2,5,8-9H2,(H,18,19)(H,15,16,17)/p-1. The largest absolute Gasteiger partial charge is 0.550 e. The van der Waals surface area contributed by atoms with E-state index in [4.69, 9.17) is 0 Å². The molecular formula is C14H16N3O2-. The molecule has 0 saturated carbocycles. The molecule has 2 aromatic rings. The minimum absolute atomic E-state index is 0.135. The average molecular weight is 258 g/mol. The highest BCUT2D eigenvalue weighted by Gasteiger charge is 2.01. The maximum atomic E-state index is 10.3. The van der Waals surface area contributed by atoms with Crippen LogP contribution < -0.4 is 10.4 Å². The van der Waals surface area contributed by atoms with E-state index in [9.17, 15) is 9.90 Å². The number of fused-ring (bicyclic) bond motifs is 1.